The van der Waals surface area contributed by atoms with Crippen LogP contribution >= 0.6 is 0 Å². The number of nitrogens with zero attached hydrogens (tertiary/aromatic N) is 1. The first-order valence-electron chi connectivity index (χ1n) is 15.1. The summed E-state index contributed by atoms with van der Waals surface area (Å²) in [6.07, 6.45) is 0.916. The minimum atomic E-state index is -2.68. The van der Waals surface area contributed by atoms with E-state index in [2.05, 4.69) is 10.6 Å². The third-order valence-electron chi connectivity index (χ3n) is 9.22. The molecule has 6 rings (SSSR count). The number of likely N-dealkylation sites (tertiary alicyclic amines) is 1. The molecule has 1 saturated carbocycles. The van der Waals surface area contributed by atoms with E-state index in [0.29, 0.717) is 63.0 Å². The Morgan fingerprint density at radius 1 is 0.952 bits per heavy atom. The molecule has 4 bridgehead atoms. The molecule has 2 saturated heterocycles. The molecule has 226 valence electrons. The number of carbonyl (C=O) groups excluding carboxylic acids is 2. The van der Waals surface area contributed by atoms with Gasteiger partial charge in [0, 0.05) is 44.4 Å². The molecule has 4 aliphatic rings. The van der Waals surface area contributed by atoms with Crippen LogP contribution < -0.4 is 15.4 Å². The SMILES string of the molecule is O=C1N[C@H]2C[C@@H](C(=O)NC[C@H]3O[C@H](CCOc4cc(-c5ccccc5)ccc41)CC[C@@H]3O)N(C1CCC(F)(F)CC1)C2. The maximum atomic E-state index is 14.0. The number of ether oxygens (including phenoxy) is 2. The van der Waals surface area contributed by atoms with Gasteiger partial charge in [0.05, 0.1) is 30.4 Å². The van der Waals surface area contributed by atoms with Crippen molar-refractivity contribution >= 4 is 11.8 Å². The van der Waals surface area contributed by atoms with Crippen LogP contribution in [0.4, 0.5) is 8.78 Å². The fraction of sp³-hybridized carbons (Fsp3) is 0.562. The molecule has 0 unspecified atom stereocenters. The van der Waals surface area contributed by atoms with Gasteiger partial charge >= 0.3 is 0 Å². The molecule has 3 fully saturated rings. The first kappa shape index (κ1) is 29.0. The van der Waals surface area contributed by atoms with Gasteiger partial charge in [-0.3, -0.25) is 14.5 Å². The standard InChI is InChI=1S/C32H39F2N3O5/c33-32(34)13-10-23(11-14-32)37-19-22-17-26(37)31(40)35-18-29-27(38)9-7-24(42-29)12-15-41-28-16-21(20-4-2-1-3-5-20)6-8-25(28)30(39)36-22/h1-6,8,16,22-24,26-27,29,38H,7,9-15,17-19H2,(H,35,40)(H,36,39)/t22-,24-,26-,27-,29+/m0/s1. The lowest BCUT2D eigenvalue weighted by molar-refractivity contribution is -0.134. The number of nitrogens with one attached hydrogen (secondary N) is 2. The lowest BCUT2D eigenvalue weighted by atomic mass is 9.90. The summed E-state index contributed by atoms with van der Waals surface area (Å²) in [5.74, 6) is -2.74. The molecule has 10 heteroatoms. The number of hydrogen-bond donors (Lipinski definition) is 3. The van der Waals surface area contributed by atoms with Crippen molar-refractivity contribution in [2.75, 3.05) is 19.7 Å². The van der Waals surface area contributed by atoms with Gasteiger partial charge in [-0.1, -0.05) is 36.4 Å². The van der Waals surface area contributed by atoms with Crippen molar-refractivity contribution in [2.45, 2.75) is 93.7 Å². The summed E-state index contributed by atoms with van der Waals surface area (Å²) in [4.78, 5) is 29.1. The highest BCUT2D eigenvalue weighted by Crippen LogP contribution is 2.38. The van der Waals surface area contributed by atoms with Crippen LogP contribution in [0.15, 0.2) is 48.5 Å². The van der Waals surface area contributed by atoms with E-state index in [4.69, 9.17) is 9.47 Å². The summed E-state index contributed by atoms with van der Waals surface area (Å²) in [6.45, 7) is 0.873. The Morgan fingerprint density at radius 2 is 1.74 bits per heavy atom. The van der Waals surface area contributed by atoms with E-state index in [0.717, 1.165) is 11.1 Å². The molecule has 3 N–H and O–H groups in total. The van der Waals surface area contributed by atoms with Crippen LogP contribution in [0.25, 0.3) is 11.1 Å². The van der Waals surface area contributed by atoms with Crippen molar-refractivity contribution in [3.8, 4) is 16.9 Å². The van der Waals surface area contributed by atoms with E-state index in [1.807, 2.05) is 47.4 Å². The van der Waals surface area contributed by atoms with Crippen LogP contribution in [0.1, 0.15) is 61.7 Å². The Hall–Kier alpha value is -3.08. The molecule has 0 spiro atoms. The predicted octanol–water partition coefficient (Wildman–Crippen LogP) is 3.91. The third kappa shape index (κ3) is 6.45. The quantitative estimate of drug-likeness (QED) is 0.496. The fourth-order valence-corrected chi connectivity index (χ4v) is 6.85. The van der Waals surface area contributed by atoms with E-state index in [1.54, 1.807) is 6.07 Å². The highest BCUT2D eigenvalue weighted by Gasteiger charge is 2.45. The molecule has 3 heterocycles. The molecule has 8 nitrogen and oxygen atoms in total. The molecule has 42 heavy (non-hydrogen) atoms. The Balaban J connectivity index is 1.28. The zero-order chi connectivity index (χ0) is 29.3. The van der Waals surface area contributed by atoms with Gasteiger partial charge in [0.15, 0.2) is 0 Å². The van der Waals surface area contributed by atoms with E-state index in [9.17, 15) is 23.5 Å². The van der Waals surface area contributed by atoms with Gasteiger partial charge in [-0.2, -0.15) is 0 Å². The number of amides is 2. The number of fused-ring (bicyclic) bond motifs is 5. The lowest BCUT2D eigenvalue weighted by Crippen LogP contribution is -2.52. The molecule has 1 aliphatic carbocycles. The van der Waals surface area contributed by atoms with Crippen molar-refractivity contribution in [1.29, 1.82) is 0 Å². The summed E-state index contributed by atoms with van der Waals surface area (Å²) in [5.41, 5.74) is 2.32. The highest BCUT2D eigenvalue weighted by molar-refractivity contribution is 5.98. The molecular weight excluding hydrogens is 544 g/mol. The maximum absolute atomic E-state index is 14.0. The molecule has 0 radical (unpaired) electrons. The maximum Gasteiger partial charge on any atom is 0.255 e. The topological polar surface area (TPSA) is 100 Å². The summed E-state index contributed by atoms with van der Waals surface area (Å²) < 4.78 is 40.3. The lowest BCUT2D eigenvalue weighted by Gasteiger charge is -2.38. The predicted molar refractivity (Wildman–Crippen MR) is 152 cm³/mol. The van der Waals surface area contributed by atoms with Crippen molar-refractivity contribution in [1.82, 2.24) is 15.5 Å². The Labute approximate surface area is 244 Å². The summed E-state index contributed by atoms with van der Waals surface area (Å²) >= 11 is 0. The summed E-state index contributed by atoms with van der Waals surface area (Å²) in [7, 11) is 0. The zero-order valence-corrected chi connectivity index (χ0v) is 23.6. The van der Waals surface area contributed by atoms with Crippen LogP contribution in [0.3, 0.4) is 0 Å². The average molecular weight is 584 g/mol. The van der Waals surface area contributed by atoms with Gasteiger partial charge < -0.3 is 25.2 Å². The average Bonchev–Trinajstić information content (AvgIpc) is 3.40. The van der Waals surface area contributed by atoms with Crippen LogP contribution in [0.5, 0.6) is 5.75 Å². The largest absolute Gasteiger partial charge is 0.493 e. The number of carbonyl (C=O) groups is 2. The van der Waals surface area contributed by atoms with Crippen LogP contribution in [-0.4, -0.2) is 83.9 Å². The number of hydrogen-bond acceptors (Lipinski definition) is 6. The van der Waals surface area contributed by atoms with Gasteiger partial charge in [0.25, 0.3) is 5.91 Å². The highest BCUT2D eigenvalue weighted by atomic mass is 19.3. The first-order valence-corrected chi connectivity index (χ1v) is 15.1. The second-order valence-corrected chi connectivity index (χ2v) is 12.1. The Bertz CT molecular complexity index is 1270. The third-order valence-corrected chi connectivity index (χ3v) is 9.22. The van der Waals surface area contributed by atoms with E-state index in [1.165, 1.54) is 0 Å². The van der Waals surface area contributed by atoms with Crippen molar-refractivity contribution in [3.05, 3.63) is 54.1 Å². The van der Waals surface area contributed by atoms with Crippen molar-refractivity contribution < 1.29 is 33.0 Å². The van der Waals surface area contributed by atoms with Crippen LogP contribution in [-0.2, 0) is 9.53 Å². The smallest absolute Gasteiger partial charge is 0.255 e. The van der Waals surface area contributed by atoms with E-state index < -0.39 is 24.2 Å². The van der Waals surface area contributed by atoms with Gasteiger partial charge in [0.1, 0.15) is 11.9 Å². The van der Waals surface area contributed by atoms with Gasteiger partial charge in [-0.05, 0) is 55.4 Å². The van der Waals surface area contributed by atoms with E-state index >= 15 is 0 Å². The second kappa shape index (κ2) is 12.3. The minimum absolute atomic E-state index is 0.157. The molecule has 2 amide bonds. The zero-order valence-electron chi connectivity index (χ0n) is 23.6. The fourth-order valence-electron chi connectivity index (χ4n) is 6.85. The van der Waals surface area contributed by atoms with E-state index in [-0.39, 0.29) is 49.4 Å². The number of alkyl halides is 2. The van der Waals surface area contributed by atoms with Crippen LogP contribution in [0, 0.1) is 0 Å². The molecule has 2 aromatic rings. The van der Waals surface area contributed by atoms with Gasteiger partial charge in [-0.15, -0.1) is 0 Å². The normalized spacial score (nSPS) is 31.0. The van der Waals surface area contributed by atoms with Gasteiger partial charge in [0.2, 0.25) is 11.8 Å². The monoisotopic (exact) mass is 583 g/mol. The number of aliphatic hydroxyl groups is 1. The summed E-state index contributed by atoms with van der Waals surface area (Å²) in [5, 5.41) is 16.7. The molecular formula is C32H39F2N3O5. The molecule has 0 aromatic heterocycles. The number of aliphatic hydroxyl groups excluding tert-OH is 1. The second-order valence-electron chi connectivity index (χ2n) is 12.1. The molecule has 3 aliphatic heterocycles. The molecule has 5 atom stereocenters. The van der Waals surface area contributed by atoms with Crippen molar-refractivity contribution in [2.24, 2.45) is 0 Å². The minimum Gasteiger partial charge on any atom is -0.493 e. The summed E-state index contributed by atoms with van der Waals surface area (Å²) in [6, 6.07) is 14.3. The van der Waals surface area contributed by atoms with Crippen LogP contribution in [0.2, 0.25) is 0 Å². The Kier molecular flexibility index (Phi) is 8.47. The first-order chi connectivity index (χ1) is 20.3. The number of halogens is 2. The number of rotatable bonds is 2. The number of benzene rings is 2. The molecule has 2 aromatic carbocycles. The van der Waals surface area contributed by atoms with Gasteiger partial charge in [-0.25, -0.2) is 8.78 Å². The van der Waals surface area contributed by atoms with Crippen molar-refractivity contribution in [3.63, 3.8) is 0 Å². The Morgan fingerprint density at radius 3 is 2.52 bits per heavy atom.